The summed E-state index contributed by atoms with van der Waals surface area (Å²) in [6, 6.07) is 29.4. The van der Waals surface area contributed by atoms with E-state index < -0.39 is 34.1 Å². The Labute approximate surface area is 406 Å². The number of halogens is 4. The smallest absolute Gasteiger partial charge is 0.363 e. The van der Waals surface area contributed by atoms with Crippen molar-refractivity contribution in [2.75, 3.05) is 22.9 Å². The van der Waals surface area contributed by atoms with E-state index in [0.717, 1.165) is 103 Å². The van der Waals surface area contributed by atoms with Crippen molar-refractivity contribution in [3.05, 3.63) is 120 Å². The zero-order chi connectivity index (χ0) is 46.8. The van der Waals surface area contributed by atoms with Gasteiger partial charge in [0.1, 0.15) is 0 Å². The molecular weight excluding hydrogens is 856 g/mol. The maximum atomic E-state index is 14.5. The van der Waals surface area contributed by atoms with Gasteiger partial charge in [-0.05, 0) is 74.6 Å². The number of carbonyl (C=O) groups is 2. The van der Waals surface area contributed by atoms with E-state index in [-0.39, 0.29) is 44.9 Å². The third-order valence-electron chi connectivity index (χ3n) is 13.5. The number of rotatable bonds is 18. The van der Waals surface area contributed by atoms with Crippen LogP contribution in [0.5, 0.6) is 0 Å². The number of hydrogen-bond donors (Lipinski definition) is 0. The van der Waals surface area contributed by atoms with Crippen molar-refractivity contribution in [1.29, 1.82) is 0 Å². The van der Waals surface area contributed by atoms with Crippen molar-refractivity contribution >= 4 is 23.2 Å². The molecule has 2 aliphatic carbocycles. The molecule has 0 heterocycles. The molecule has 2 fully saturated rings. The van der Waals surface area contributed by atoms with Gasteiger partial charge in [0, 0.05) is 47.2 Å². The van der Waals surface area contributed by atoms with E-state index >= 15 is 0 Å². The van der Waals surface area contributed by atoms with Crippen LogP contribution in [-0.2, 0) is 31.3 Å². The van der Waals surface area contributed by atoms with Crippen LogP contribution in [0.2, 0.25) is 0 Å². The number of hydrogen-bond acceptors (Lipinski definition) is 2. The largest absolute Gasteiger partial charge is 4.00 e. The third-order valence-corrected chi connectivity index (χ3v) is 13.5. The first kappa shape index (κ1) is 57.6. The first-order chi connectivity index (χ1) is 30.8. The van der Waals surface area contributed by atoms with Gasteiger partial charge in [0.2, 0.25) is 11.8 Å². The Morgan fingerprint density at radius 1 is 0.569 bits per heavy atom. The minimum absolute atomic E-state index is 0. The summed E-state index contributed by atoms with van der Waals surface area (Å²) in [5.74, 6) is -2.33. The monoisotopic (exact) mass is 935 g/mol. The fourth-order valence-corrected chi connectivity index (χ4v) is 8.82. The molecule has 356 valence electrons. The van der Waals surface area contributed by atoms with Crippen molar-refractivity contribution in [3.8, 4) is 0 Å². The second-order valence-electron chi connectivity index (χ2n) is 18.5. The molecule has 65 heavy (non-hydrogen) atoms. The number of carbonyl (C=O) groups excluding carboxylic acids is 2. The number of nitrogens with zero attached hydrogens (tertiary/aromatic N) is 2. The fourth-order valence-electron chi connectivity index (χ4n) is 8.82. The SMILES string of the molecule is CCCCCC(C)(CC)C(=O)N(CC1CCCCC1)c1ccc(F)[c-]c1F.CCCCCC(C)(CC)C(=O)N(CC1CCCCC1)c1ccc(F)[c-]c1F.[Ti+4].c1cc[cH-]c1.c1cc[cH-]c1. The molecule has 4 aromatic carbocycles. The van der Waals surface area contributed by atoms with Crippen molar-refractivity contribution in [1.82, 2.24) is 0 Å². The Morgan fingerprint density at radius 3 is 1.17 bits per heavy atom. The molecule has 9 heteroatoms. The van der Waals surface area contributed by atoms with E-state index in [1.54, 1.807) is 9.80 Å². The molecule has 2 atom stereocenters. The van der Waals surface area contributed by atoms with Gasteiger partial charge in [-0.2, -0.15) is 36.4 Å². The minimum Gasteiger partial charge on any atom is -0.363 e. The molecule has 4 aromatic rings. The molecule has 0 aliphatic heterocycles. The van der Waals surface area contributed by atoms with E-state index in [1.165, 1.54) is 37.1 Å². The standard InChI is InChI=1S/2C23H34F2NO.2C5H5.Ti/c2*1-4-6-10-15-23(3,5-2)22(27)26(17-18-11-8-7-9-12-18)21-14-13-19(24)16-20(21)25;2*1-2-4-5-3-1;/h2*13-14,18H,4-12,15,17H2,1-3H3;2*1-5H;/q4*-1;+4. The zero-order valence-corrected chi connectivity index (χ0v) is 42.1. The van der Waals surface area contributed by atoms with E-state index in [4.69, 9.17) is 0 Å². The summed E-state index contributed by atoms with van der Waals surface area (Å²) in [7, 11) is 0. The summed E-state index contributed by atoms with van der Waals surface area (Å²) >= 11 is 0. The summed E-state index contributed by atoms with van der Waals surface area (Å²) in [6.07, 6.45) is 20.7. The second-order valence-corrected chi connectivity index (χ2v) is 18.5. The first-order valence-electron chi connectivity index (χ1n) is 24.5. The van der Waals surface area contributed by atoms with Crippen LogP contribution in [-0.4, -0.2) is 24.9 Å². The minimum atomic E-state index is -0.772. The summed E-state index contributed by atoms with van der Waals surface area (Å²) < 4.78 is 55.8. The van der Waals surface area contributed by atoms with Crippen LogP contribution < -0.4 is 9.80 Å². The summed E-state index contributed by atoms with van der Waals surface area (Å²) in [6.45, 7) is 13.3. The van der Waals surface area contributed by atoms with Gasteiger partial charge in [0.15, 0.2) is 0 Å². The summed E-state index contributed by atoms with van der Waals surface area (Å²) in [4.78, 5) is 30.3. The van der Waals surface area contributed by atoms with Gasteiger partial charge in [0.05, 0.1) is 0 Å². The number of unbranched alkanes of at least 4 members (excludes halogenated alkanes) is 4. The van der Waals surface area contributed by atoms with Crippen molar-refractivity contribution in [2.45, 2.75) is 170 Å². The Kier molecular flexibility index (Phi) is 27.9. The van der Waals surface area contributed by atoms with Crippen molar-refractivity contribution < 1.29 is 48.9 Å². The maximum Gasteiger partial charge on any atom is 4.00 e. The maximum absolute atomic E-state index is 14.5. The number of benzene rings is 2. The van der Waals surface area contributed by atoms with Crippen LogP contribution in [0.25, 0.3) is 0 Å². The van der Waals surface area contributed by atoms with Crippen LogP contribution >= 0.6 is 0 Å². The third kappa shape index (κ3) is 19.7. The molecular formula is C56H78F4N2O2Ti. The average Bonchev–Trinajstić information content (AvgIpc) is 4.10. The van der Waals surface area contributed by atoms with Crippen LogP contribution in [0.3, 0.4) is 0 Å². The van der Waals surface area contributed by atoms with E-state index in [0.29, 0.717) is 37.8 Å². The molecule has 0 saturated heterocycles. The predicted molar refractivity (Wildman–Crippen MR) is 257 cm³/mol. The van der Waals surface area contributed by atoms with Gasteiger partial charge in [-0.25, -0.2) is 41.8 Å². The number of amides is 2. The molecule has 2 unspecified atom stereocenters. The molecule has 2 aliphatic rings. The van der Waals surface area contributed by atoms with Crippen LogP contribution in [0.15, 0.2) is 84.9 Å². The Balaban J connectivity index is 0.000000361. The van der Waals surface area contributed by atoms with E-state index in [2.05, 4.69) is 26.0 Å². The molecule has 0 aromatic heterocycles. The van der Waals surface area contributed by atoms with Crippen LogP contribution in [0, 0.1) is 58.1 Å². The average molecular weight is 935 g/mol. The molecule has 6 rings (SSSR count). The second kappa shape index (κ2) is 31.5. The Hall–Kier alpha value is -3.49. The quantitative estimate of drug-likeness (QED) is 0.0432. The Morgan fingerprint density at radius 2 is 0.908 bits per heavy atom. The normalized spacial score (nSPS) is 15.8. The van der Waals surface area contributed by atoms with Crippen molar-refractivity contribution in [2.24, 2.45) is 22.7 Å². The van der Waals surface area contributed by atoms with Crippen LogP contribution in [0.1, 0.15) is 170 Å². The van der Waals surface area contributed by atoms with Gasteiger partial charge in [-0.15, -0.1) is 36.4 Å². The van der Waals surface area contributed by atoms with Crippen LogP contribution in [0.4, 0.5) is 28.9 Å². The van der Waals surface area contributed by atoms with Crippen molar-refractivity contribution in [3.63, 3.8) is 0 Å². The Bertz CT molecular complexity index is 1670. The summed E-state index contributed by atoms with van der Waals surface area (Å²) in [5.41, 5.74) is -0.709. The molecule has 0 bridgehead atoms. The van der Waals surface area contributed by atoms with E-state index in [9.17, 15) is 27.2 Å². The molecule has 0 N–H and O–H groups in total. The molecule has 0 radical (unpaired) electrons. The molecule has 0 spiro atoms. The van der Waals surface area contributed by atoms with Gasteiger partial charge in [-0.3, -0.25) is 9.59 Å². The predicted octanol–water partition coefficient (Wildman–Crippen LogP) is 16.2. The first-order valence-corrected chi connectivity index (χ1v) is 24.5. The molecule has 2 saturated carbocycles. The zero-order valence-electron chi connectivity index (χ0n) is 40.5. The van der Waals surface area contributed by atoms with Gasteiger partial charge in [0.25, 0.3) is 0 Å². The van der Waals surface area contributed by atoms with E-state index in [1.807, 2.05) is 88.4 Å². The molecule has 2 amide bonds. The molecule has 4 nitrogen and oxygen atoms in total. The van der Waals surface area contributed by atoms with Gasteiger partial charge in [-0.1, -0.05) is 119 Å². The van der Waals surface area contributed by atoms with Gasteiger partial charge >= 0.3 is 21.7 Å². The topological polar surface area (TPSA) is 40.6 Å². The number of anilines is 2. The van der Waals surface area contributed by atoms with Gasteiger partial charge < -0.3 is 9.80 Å². The summed E-state index contributed by atoms with van der Waals surface area (Å²) in [5, 5.41) is 0. The fraction of sp³-hybridized carbons (Fsp3) is 0.571.